The van der Waals surface area contributed by atoms with Crippen LogP contribution in [0.4, 0.5) is 5.69 Å². The van der Waals surface area contributed by atoms with Gasteiger partial charge in [-0.15, -0.1) is 0 Å². The fourth-order valence-electron chi connectivity index (χ4n) is 3.33. The van der Waals surface area contributed by atoms with Crippen molar-refractivity contribution in [3.8, 4) is 11.5 Å². The monoisotopic (exact) mass is 353 g/mol. The highest BCUT2D eigenvalue weighted by Crippen LogP contribution is 2.34. The highest BCUT2D eigenvalue weighted by atomic mass is 16.5. The number of hydrogen-bond donors (Lipinski definition) is 1. The largest absolute Gasteiger partial charge is 0.493 e. The number of pyridine rings is 1. The number of ether oxygens (including phenoxy) is 2. The zero-order chi connectivity index (χ0) is 18.1. The van der Waals surface area contributed by atoms with E-state index < -0.39 is 0 Å². The Morgan fingerprint density at radius 2 is 1.88 bits per heavy atom. The van der Waals surface area contributed by atoms with Crippen molar-refractivity contribution in [2.24, 2.45) is 0 Å². The first-order valence-corrected chi connectivity index (χ1v) is 8.93. The normalized spacial score (nSPS) is 16.0. The van der Waals surface area contributed by atoms with E-state index in [0.29, 0.717) is 11.7 Å². The Balaban J connectivity index is 1.55. The summed E-state index contributed by atoms with van der Waals surface area (Å²) in [7, 11) is 3.31. The number of benzene rings is 1. The smallest absolute Gasteiger partial charge is 0.270 e. The summed E-state index contributed by atoms with van der Waals surface area (Å²) in [5, 5.41) is 2.99. The molecule has 2 heterocycles. The number of carbonyl (C=O) groups is 1. The van der Waals surface area contributed by atoms with E-state index in [4.69, 9.17) is 9.47 Å². The summed E-state index contributed by atoms with van der Waals surface area (Å²) in [6.45, 7) is 1.65. The number of aromatic nitrogens is 1. The Morgan fingerprint density at radius 3 is 2.58 bits per heavy atom. The quantitative estimate of drug-likeness (QED) is 0.895. The molecule has 0 radical (unpaired) electrons. The minimum Gasteiger partial charge on any atom is -0.493 e. The van der Waals surface area contributed by atoms with Gasteiger partial charge in [0, 0.05) is 31.0 Å². The molecule has 2 aromatic rings. The predicted octanol–water partition coefficient (Wildman–Crippen LogP) is 2.55. The molecule has 1 saturated carbocycles. The van der Waals surface area contributed by atoms with Crippen LogP contribution in [0.25, 0.3) is 0 Å². The second kappa shape index (κ2) is 6.86. The van der Waals surface area contributed by atoms with Crippen LogP contribution in [-0.4, -0.2) is 37.7 Å². The molecule has 6 nitrogen and oxygen atoms in total. The van der Waals surface area contributed by atoms with Gasteiger partial charge in [-0.3, -0.25) is 9.78 Å². The molecule has 0 bridgehead atoms. The highest BCUT2D eigenvalue weighted by molar-refractivity contribution is 5.93. The summed E-state index contributed by atoms with van der Waals surface area (Å²) in [4.78, 5) is 18.8. The van der Waals surface area contributed by atoms with Crippen LogP contribution in [0.5, 0.6) is 11.5 Å². The molecule has 1 aliphatic heterocycles. The lowest BCUT2D eigenvalue weighted by molar-refractivity contribution is 0.0946. The average Bonchev–Trinajstić information content (AvgIpc) is 3.50. The maximum atomic E-state index is 12.3. The Kier molecular flexibility index (Phi) is 4.41. The van der Waals surface area contributed by atoms with Crippen LogP contribution in [0.2, 0.25) is 0 Å². The summed E-state index contributed by atoms with van der Waals surface area (Å²) >= 11 is 0. The Morgan fingerprint density at radius 1 is 1.15 bits per heavy atom. The number of nitrogens with one attached hydrogen (secondary N) is 1. The number of amides is 1. The summed E-state index contributed by atoms with van der Waals surface area (Å²) in [6.07, 6.45) is 4.77. The third-order valence-electron chi connectivity index (χ3n) is 4.97. The first kappa shape index (κ1) is 16.7. The molecular weight excluding hydrogens is 330 g/mol. The van der Waals surface area contributed by atoms with Crippen molar-refractivity contribution in [2.45, 2.75) is 31.8 Å². The van der Waals surface area contributed by atoms with Gasteiger partial charge in [0.25, 0.3) is 5.91 Å². The minimum absolute atomic E-state index is 0.0850. The van der Waals surface area contributed by atoms with Crippen molar-refractivity contribution in [1.82, 2.24) is 10.3 Å². The van der Waals surface area contributed by atoms with Crippen molar-refractivity contribution in [2.75, 3.05) is 25.7 Å². The van der Waals surface area contributed by atoms with Crippen molar-refractivity contribution in [1.29, 1.82) is 0 Å². The molecule has 1 aromatic carbocycles. The van der Waals surface area contributed by atoms with Gasteiger partial charge in [-0.25, -0.2) is 0 Å². The summed E-state index contributed by atoms with van der Waals surface area (Å²) in [6, 6.07) is 8.27. The van der Waals surface area contributed by atoms with Crippen LogP contribution in [0.15, 0.2) is 30.5 Å². The van der Waals surface area contributed by atoms with E-state index in [9.17, 15) is 4.79 Å². The van der Waals surface area contributed by atoms with Crippen LogP contribution in [0, 0.1) is 0 Å². The van der Waals surface area contributed by atoms with Gasteiger partial charge in [-0.1, -0.05) is 0 Å². The Hall–Kier alpha value is -2.76. The fourth-order valence-corrected chi connectivity index (χ4v) is 3.33. The van der Waals surface area contributed by atoms with Crippen molar-refractivity contribution < 1.29 is 14.3 Å². The minimum atomic E-state index is -0.0850. The second-order valence-electron chi connectivity index (χ2n) is 6.79. The van der Waals surface area contributed by atoms with Gasteiger partial charge in [0.05, 0.1) is 14.2 Å². The van der Waals surface area contributed by atoms with Crippen molar-refractivity contribution in [3.63, 3.8) is 0 Å². The Labute approximate surface area is 153 Å². The second-order valence-corrected chi connectivity index (χ2v) is 6.79. The van der Waals surface area contributed by atoms with Crippen LogP contribution >= 0.6 is 0 Å². The topological polar surface area (TPSA) is 63.7 Å². The standard InChI is InChI=1S/C20H23N3O3/c1-25-18-9-13-6-8-23(12-14(13)10-19(18)26-2)16-5-7-21-17(11-16)20(24)22-15-3-4-15/h5,7,9-11,15H,3-4,6,8,12H2,1-2H3,(H,22,24). The zero-order valence-electron chi connectivity index (χ0n) is 15.1. The van der Waals surface area contributed by atoms with E-state index in [2.05, 4.69) is 21.3 Å². The van der Waals surface area contributed by atoms with Crippen molar-refractivity contribution in [3.05, 3.63) is 47.3 Å². The van der Waals surface area contributed by atoms with E-state index >= 15 is 0 Å². The number of nitrogens with zero attached hydrogens (tertiary/aromatic N) is 2. The van der Waals surface area contributed by atoms with E-state index in [1.165, 1.54) is 11.1 Å². The predicted molar refractivity (Wildman–Crippen MR) is 99.0 cm³/mol. The molecular formula is C20H23N3O3. The molecule has 0 unspecified atom stereocenters. The fraction of sp³-hybridized carbons (Fsp3) is 0.400. The van der Waals surface area contributed by atoms with E-state index in [1.807, 2.05) is 18.2 Å². The number of fused-ring (bicyclic) bond motifs is 1. The lowest BCUT2D eigenvalue weighted by atomic mass is 9.98. The van der Waals surface area contributed by atoms with E-state index in [1.54, 1.807) is 20.4 Å². The molecule has 4 rings (SSSR count). The van der Waals surface area contributed by atoms with Crippen LogP contribution in [0.3, 0.4) is 0 Å². The van der Waals surface area contributed by atoms with Crippen LogP contribution < -0.4 is 19.7 Å². The van der Waals surface area contributed by atoms with Gasteiger partial charge in [-0.05, 0) is 54.7 Å². The molecule has 2 aliphatic rings. The molecule has 1 amide bonds. The number of hydrogen-bond acceptors (Lipinski definition) is 5. The number of anilines is 1. The maximum Gasteiger partial charge on any atom is 0.270 e. The lowest BCUT2D eigenvalue weighted by Crippen LogP contribution is -2.31. The van der Waals surface area contributed by atoms with Gasteiger partial charge in [-0.2, -0.15) is 0 Å². The van der Waals surface area contributed by atoms with E-state index in [0.717, 1.165) is 49.5 Å². The highest BCUT2D eigenvalue weighted by Gasteiger charge is 2.25. The molecule has 1 N–H and O–H groups in total. The number of carbonyl (C=O) groups excluding carboxylic acids is 1. The zero-order valence-corrected chi connectivity index (χ0v) is 15.1. The van der Waals surface area contributed by atoms with Gasteiger partial charge >= 0.3 is 0 Å². The summed E-state index contributed by atoms with van der Waals surface area (Å²) in [5.41, 5.74) is 3.99. The maximum absolute atomic E-state index is 12.3. The molecule has 0 saturated heterocycles. The molecule has 0 spiro atoms. The van der Waals surface area contributed by atoms with Gasteiger partial charge in [0.2, 0.25) is 0 Å². The molecule has 136 valence electrons. The van der Waals surface area contributed by atoms with Gasteiger partial charge < -0.3 is 19.7 Å². The molecule has 0 atom stereocenters. The van der Waals surface area contributed by atoms with Crippen LogP contribution in [0.1, 0.15) is 34.5 Å². The number of rotatable bonds is 5. The molecule has 26 heavy (non-hydrogen) atoms. The molecule has 1 aliphatic carbocycles. The van der Waals surface area contributed by atoms with Crippen LogP contribution in [-0.2, 0) is 13.0 Å². The molecule has 6 heteroatoms. The molecule has 1 aromatic heterocycles. The van der Waals surface area contributed by atoms with Gasteiger partial charge in [0.15, 0.2) is 11.5 Å². The average molecular weight is 353 g/mol. The SMILES string of the molecule is COc1cc2c(cc1OC)CN(c1ccnc(C(=O)NC3CC3)c1)CC2. The summed E-state index contributed by atoms with van der Waals surface area (Å²) in [5.74, 6) is 1.42. The third kappa shape index (κ3) is 3.31. The van der Waals surface area contributed by atoms with Crippen molar-refractivity contribution >= 4 is 11.6 Å². The first-order valence-electron chi connectivity index (χ1n) is 8.93. The summed E-state index contributed by atoms with van der Waals surface area (Å²) < 4.78 is 10.8. The Bertz CT molecular complexity index is 833. The van der Waals surface area contributed by atoms with Gasteiger partial charge in [0.1, 0.15) is 5.69 Å². The first-order chi connectivity index (χ1) is 12.7. The third-order valence-corrected chi connectivity index (χ3v) is 4.97. The van der Waals surface area contributed by atoms with E-state index in [-0.39, 0.29) is 5.91 Å². The lowest BCUT2D eigenvalue weighted by Gasteiger charge is -2.31. The number of methoxy groups -OCH3 is 2. The molecule has 1 fully saturated rings.